The Morgan fingerprint density at radius 2 is 1.78 bits per heavy atom. The summed E-state index contributed by atoms with van der Waals surface area (Å²) in [6, 6.07) is 11.9. The van der Waals surface area contributed by atoms with Gasteiger partial charge in [0.05, 0.1) is 27.2 Å². The number of H-pyrrole nitrogens is 1. The van der Waals surface area contributed by atoms with Crippen LogP contribution in [-0.4, -0.2) is 64.5 Å². The lowest BCUT2D eigenvalue weighted by atomic mass is 9.88. The zero-order valence-electron chi connectivity index (χ0n) is 21.7. The molecule has 2 fully saturated rings. The van der Waals surface area contributed by atoms with Gasteiger partial charge in [0.25, 0.3) is 17.7 Å². The van der Waals surface area contributed by atoms with Gasteiger partial charge in [-0.1, -0.05) is 47.5 Å². The molecule has 2 aromatic carbocycles. The number of fused-ring (bicyclic) bond motifs is 2. The Hall–Kier alpha value is -3.93. The Balaban J connectivity index is 1.03. The van der Waals surface area contributed by atoms with Crippen molar-refractivity contribution < 1.29 is 23.9 Å². The lowest BCUT2D eigenvalue weighted by Crippen LogP contribution is -2.46. The van der Waals surface area contributed by atoms with Crippen molar-refractivity contribution in [2.24, 2.45) is 5.92 Å². The molecule has 0 saturated carbocycles. The molecule has 3 aromatic rings. The molecule has 3 amide bonds. The lowest BCUT2D eigenvalue weighted by Gasteiger charge is -2.33. The third kappa shape index (κ3) is 5.05. The Morgan fingerprint density at radius 1 is 1.05 bits per heavy atom. The van der Waals surface area contributed by atoms with E-state index in [1.54, 1.807) is 24.3 Å². The number of aromatic amines is 1. The lowest BCUT2D eigenvalue weighted by molar-refractivity contribution is -0.157. The zero-order chi connectivity index (χ0) is 28.7. The first-order valence-electron chi connectivity index (χ1n) is 13.2. The van der Waals surface area contributed by atoms with Gasteiger partial charge < -0.3 is 25.6 Å². The van der Waals surface area contributed by atoms with Gasteiger partial charge in [0.2, 0.25) is 5.60 Å². The quantitative estimate of drug-likeness (QED) is 0.318. The maximum Gasteiger partial charge on any atom is 0.311 e. The van der Waals surface area contributed by atoms with Crippen molar-refractivity contribution >= 4 is 58.3 Å². The molecule has 41 heavy (non-hydrogen) atoms. The van der Waals surface area contributed by atoms with E-state index >= 15 is 0 Å². The van der Waals surface area contributed by atoms with Gasteiger partial charge in [-0.2, -0.15) is 5.10 Å². The van der Waals surface area contributed by atoms with Crippen LogP contribution in [0.1, 0.15) is 45.7 Å². The second-order valence-corrected chi connectivity index (χ2v) is 11.2. The zero-order valence-corrected chi connectivity index (χ0v) is 23.2. The fraction of sp³-hybridized carbons (Fsp3) is 0.321. The highest BCUT2D eigenvalue weighted by molar-refractivity contribution is 6.40. The van der Waals surface area contributed by atoms with Crippen LogP contribution in [0.5, 0.6) is 0 Å². The van der Waals surface area contributed by atoms with Gasteiger partial charge in [-0.15, -0.1) is 0 Å². The minimum absolute atomic E-state index is 0.0399. The van der Waals surface area contributed by atoms with Crippen molar-refractivity contribution in [1.82, 2.24) is 20.4 Å². The van der Waals surface area contributed by atoms with E-state index in [1.165, 1.54) is 6.20 Å². The van der Waals surface area contributed by atoms with Crippen LogP contribution in [0.3, 0.4) is 0 Å². The van der Waals surface area contributed by atoms with Gasteiger partial charge in [-0.25, -0.2) is 0 Å². The minimum Gasteiger partial charge on any atom is -0.444 e. The number of likely N-dealkylation sites (tertiary alicyclic amines) is 1. The largest absolute Gasteiger partial charge is 0.444 e. The van der Waals surface area contributed by atoms with E-state index in [-0.39, 0.29) is 44.9 Å². The van der Waals surface area contributed by atoms with Crippen LogP contribution < -0.4 is 16.0 Å². The molecule has 1 spiro atoms. The first-order valence-corrected chi connectivity index (χ1v) is 14.0. The minimum atomic E-state index is -1.27. The summed E-state index contributed by atoms with van der Waals surface area (Å²) in [5.74, 6) is -2.11. The van der Waals surface area contributed by atoms with E-state index in [1.807, 2.05) is 18.2 Å². The number of nitrogens with one attached hydrogen (secondary N) is 4. The second kappa shape index (κ2) is 10.8. The average Bonchev–Trinajstić information content (AvgIpc) is 3.61. The van der Waals surface area contributed by atoms with E-state index in [2.05, 4.69) is 31.0 Å². The van der Waals surface area contributed by atoms with E-state index in [9.17, 15) is 19.2 Å². The number of nitrogens with zero attached hydrogens (tertiary/aromatic N) is 2. The van der Waals surface area contributed by atoms with Crippen LogP contribution in [0.15, 0.2) is 48.7 Å². The van der Waals surface area contributed by atoms with E-state index in [4.69, 9.17) is 27.9 Å². The second-order valence-electron chi connectivity index (χ2n) is 10.4. The number of amides is 3. The van der Waals surface area contributed by atoms with E-state index in [0.29, 0.717) is 50.1 Å². The number of carbonyl (C=O) groups is 4. The number of benzene rings is 2. The van der Waals surface area contributed by atoms with Crippen molar-refractivity contribution in [1.29, 1.82) is 0 Å². The van der Waals surface area contributed by atoms with Crippen molar-refractivity contribution in [3.8, 4) is 0 Å². The summed E-state index contributed by atoms with van der Waals surface area (Å²) in [4.78, 5) is 53.5. The predicted octanol–water partition coefficient (Wildman–Crippen LogP) is 3.57. The molecule has 2 saturated heterocycles. The van der Waals surface area contributed by atoms with E-state index in [0.717, 1.165) is 0 Å². The molecule has 11 nitrogen and oxygen atoms in total. The Morgan fingerprint density at radius 3 is 2.54 bits per heavy atom. The number of anilines is 2. The molecule has 6 rings (SSSR count). The number of rotatable bonds is 6. The van der Waals surface area contributed by atoms with Crippen molar-refractivity contribution in [2.75, 3.05) is 30.3 Å². The van der Waals surface area contributed by atoms with Crippen LogP contribution in [-0.2, 0) is 19.9 Å². The number of halogens is 2. The number of aromatic nitrogens is 2. The molecule has 212 valence electrons. The van der Waals surface area contributed by atoms with Crippen LogP contribution in [0.4, 0.5) is 11.4 Å². The maximum absolute atomic E-state index is 13.0. The standard InChI is InChI=1S/C28H26Cl2N6O5/c29-18-5-3-6-19(30)22(18)24(37)33-21-13-31-35-23(21)25(38)32-16-8-10-36(11-9-16)14-15-12-28(41-26(15)39)17-4-1-2-7-20(17)34-27(28)40/h1-7,13,15-16H,8-12,14H2,(H,31,35)(H,32,38)(H,33,37)(H,34,40). The molecule has 3 aliphatic heterocycles. The van der Waals surface area contributed by atoms with Gasteiger partial charge in [0.15, 0.2) is 5.69 Å². The first kappa shape index (κ1) is 27.3. The van der Waals surface area contributed by atoms with Crippen molar-refractivity contribution in [3.63, 3.8) is 0 Å². The summed E-state index contributed by atoms with van der Waals surface area (Å²) in [6.07, 6.45) is 3.02. The number of para-hydroxylation sites is 1. The Labute approximate surface area is 244 Å². The number of carbonyl (C=O) groups excluding carboxylic acids is 4. The average molecular weight is 597 g/mol. The summed E-state index contributed by atoms with van der Waals surface area (Å²) in [5.41, 5.74) is 0.454. The summed E-state index contributed by atoms with van der Waals surface area (Å²) < 4.78 is 5.71. The number of piperidine rings is 1. The topological polar surface area (TPSA) is 146 Å². The molecule has 0 bridgehead atoms. The predicted molar refractivity (Wildman–Crippen MR) is 151 cm³/mol. The molecule has 0 aliphatic carbocycles. The third-order valence-electron chi connectivity index (χ3n) is 7.81. The molecule has 2 unspecified atom stereocenters. The van der Waals surface area contributed by atoms with Crippen LogP contribution >= 0.6 is 23.2 Å². The Kier molecular flexibility index (Phi) is 7.18. The number of hydrogen-bond donors (Lipinski definition) is 4. The monoisotopic (exact) mass is 596 g/mol. The molecule has 13 heteroatoms. The third-order valence-corrected chi connectivity index (χ3v) is 8.44. The van der Waals surface area contributed by atoms with Gasteiger partial charge in [0.1, 0.15) is 0 Å². The number of ether oxygens (including phenoxy) is 1. The fourth-order valence-electron chi connectivity index (χ4n) is 5.74. The van der Waals surface area contributed by atoms with Gasteiger partial charge in [-0.3, -0.25) is 24.3 Å². The highest BCUT2D eigenvalue weighted by atomic mass is 35.5. The van der Waals surface area contributed by atoms with Gasteiger partial charge in [-0.05, 0) is 31.0 Å². The number of hydrogen-bond acceptors (Lipinski definition) is 7. The molecule has 4 heterocycles. The molecule has 0 radical (unpaired) electrons. The normalized spacial score (nSPS) is 22.3. The molecule has 4 N–H and O–H groups in total. The van der Waals surface area contributed by atoms with Gasteiger partial charge >= 0.3 is 5.97 Å². The summed E-state index contributed by atoms with van der Waals surface area (Å²) in [7, 11) is 0. The molecule has 1 aromatic heterocycles. The van der Waals surface area contributed by atoms with Crippen LogP contribution in [0.2, 0.25) is 10.0 Å². The summed E-state index contributed by atoms with van der Waals surface area (Å²) in [5, 5.41) is 15.5. The molecule has 2 atom stereocenters. The van der Waals surface area contributed by atoms with E-state index < -0.39 is 23.3 Å². The first-order chi connectivity index (χ1) is 19.7. The molecular weight excluding hydrogens is 571 g/mol. The number of esters is 1. The molecular formula is C28H26Cl2N6O5. The van der Waals surface area contributed by atoms with Crippen molar-refractivity contribution in [2.45, 2.75) is 30.9 Å². The van der Waals surface area contributed by atoms with Gasteiger partial charge in [0, 0.05) is 49.5 Å². The Bertz CT molecular complexity index is 1530. The van der Waals surface area contributed by atoms with Crippen molar-refractivity contribution in [3.05, 3.63) is 75.5 Å². The molecule has 3 aliphatic rings. The summed E-state index contributed by atoms with van der Waals surface area (Å²) >= 11 is 12.3. The van der Waals surface area contributed by atoms with Crippen LogP contribution in [0.25, 0.3) is 0 Å². The highest BCUT2D eigenvalue weighted by Crippen LogP contribution is 2.47. The fourth-order valence-corrected chi connectivity index (χ4v) is 6.31. The van der Waals surface area contributed by atoms with Crippen LogP contribution in [0, 0.1) is 5.92 Å². The highest BCUT2D eigenvalue weighted by Gasteiger charge is 2.57. The summed E-state index contributed by atoms with van der Waals surface area (Å²) in [6.45, 7) is 1.77. The maximum atomic E-state index is 13.0. The SMILES string of the molecule is O=C(NC1CCN(CC2CC3(OC2=O)C(=O)Nc2ccccc23)CC1)c1n[nH]cc1NC(=O)c1c(Cl)cccc1Cl. The smallest absolute Gasteiger partial charge is 0.311 e.